The number of aliphatic hydroxyl groups is 3. The molecule has 0 amide bonds. The Labute approximate surface area is 140 Å². The van der Waals surface area contributed by atoms with Crippen molar-refractivity contribution in [1.82, 2.24) is 0 Å². The molecule has 0 saturated carbocycles. The van der Waals surface area contributed by atoms with Crippen LogP contribution in [0.5, 0.6) is 0 Å². The molecule has 0 aromatic carbocycles. The Bertz CT molecular complexity index is 308. The Morgan fingerprint density at radius 3 is 2.48 bits per heavy atom. The van der Waals surface area contributed by atoms with Gasteiger partial charge in [-0.2, -0.15) is 0 Å². The third kappa shape index (κ3) is 8.27. The van der Waals surface area contributed by atoms with Gasteiger partial charge in [-0.25, -0.2) is 0 Å². The van der Waals surface area contributed by atoms with Crippen LogP contribution in [0.2, 0.25) is 0 Å². The molecule has 3 N–H and O–H groups in total. The molecule has 0 radical (unpaired) electrons. The van der Waals surface area contributed by atoms with Crippen molar-refractivity contribution in [3.8, 4) is 0 Å². The smallest absolute Gasteiger partial charge is 0.114 e. The molecule has 136 valence electrons. The molecule has 1 aliphatic heterocycles. The number of ether oxygens (including phenoxy) is 2. The van der Waals surface area contributed by atoms with Crippen LogP contribution in [0, 0.1) is 0 Å². The molecule has 23 heavy (non-hydrogen) atoms. The van der Waals surface area contributed by atoms with Gasteiger partial charge in [0.2, 0.25) is 0 Å². The molecule has 5 nitrogen and oxygen atoms in total. The molecule has 0 aliphatic carbocycles. The van der Waals surface area contributed by atoms with Crippen LogP contribution >= 0.6 is 0 Å². The molecule has 4 atom stereocenters. The number of aliphatic hydroxyl groups excluding tert-OH is 3. The average Bonchev–Trinajstić information content (AvgIpc) is 2.93. The van der Waals surface area contributed by atoms with Gasteiger partial charge in [-0.05, 0) is 32.1 Å². The van der Waals surface area contributed by atoms with Crippen LogP contribution < -0.4 is 0 Å². The standard InChI is InChI=1S/C18H34O5/c1-2-3-4-5-6-7-8-9-10-11-12-22-18-16(21)14-23-17(18)15(20)13-19/h7-8,15-21H,2-6,9-14H2,1H3/b8-7+/t15-,16+,17+,18+/m0/s1. The molecule has 1 aliphatic rings. The molecule has 1 fully saturated rings. The quantitative estimate of drug-likeness (QED) is 0.356. The van der Waals surface area contributed by atoms with E-state index in [9.17, 15) is 10.2 Å². The summed E-state index contributed by atoms with van der Waals surface area (Å²) in [4.78, 5) is 0. The van der Waals surface area contributed by atoms with E-state index < -0.39 is 24.4 Å². The maximum absolute atomic E-state index is 9.81. The molecule has 0 aromatic rings. The highest BCUT2D eigenvalue weighted by atomic mass is 16.6. The zero-order valence-corrected chi connectivity index (χ0v) is 14.4. The summed E-state index contributed by atoms with van der Waals surface area (Å²) < 4.78 is 10.9. The van der Waals surface area contributed by atoms with E-state index in [1.807, 2.05) is 0 Å². The maximum Gasteiger partial charge on any atom is 0.114 e. The van der Waals surface area contributed by atoms with Crippen molar-refractivity contribution in [2.24, 2.45) is 0 Å². The Kier molecular flexibility index (Phi) is 11.5. The normalized spacial score (nSPS) is 26.2. The first-order valence-electron chi connectivity index (χ1n) is 9.05. The molecule has 5 heteroatoms. The van der Waals surface area contributed by atoms with Gasteiger partial charge in [0, 0.05) is 6.61 Å². The van der Waals surface area contributed by atoms with Crippen molar-refractivity contribution in [3.05, 3.63) is 12.2 Å². The summed E-state index contributed by atoms with van der Waals surface area (Å²) in [7, 11) is 0. The minimum absolute atomic E-state index is 0.146. The predicted octanol–water partition coefficient (Wildman–Crippen LogP) is 2.18. The second-order valence-electron chi connectivity index (χ2n) is 6.27. The van der Waals surface area contributed by atoms with Crippen molar-refractivity contribution in [1.29, 1.82) is 0 Å². The lowest BCUT2D eigenvalue weighted by molar-refractivity contribution is -0.0937. The predicted molar refractivity (Wildman–Crippen MR) is 90.3 cm³/mol. The van der Waals surface area contributed by atoms with Crippen molar-refractivity contribution < 1.29 is 24.8 Å². The third-order valence-corrected chi connectivity index (χ3v) is 4.20. The van der Waals surface area contributed by atoms with E-state index in [1.54, 1.807) is 0 Å². The second kappa shape index (κ2) is 12.9. The van der Waals surface area contributed by atoms with Crippen molar-refractivity contribution in [3.63, 3.8) is 0 Å². The SMILES string of the molecule is CCCCCC/C=C/CCCCO[C@H]1[C@@H]([C@@H](O)CO)OC[C@H]1O. The van der Waals surface area contributed by atoms with Crippen LogP contribution in [0.15, 0.2) is 12.2 Å². The largest absolute Gasteiger partial charge is 0.394 e. The molecule has 0 spiro atoms. The van der Waals surface area contributed by atoms with Crippen LogP contribution in [0.4, 0.5) is 0 Å². The summed E-state index contributed by atoms with van der Waals surface area (Å²) >= 11 is 0. The van der Waals surface area contributed by atoms with Crippen LogP contribution in [0.25, 0.3) is 0 Å². The number of hydrogen-bond donors (Lipinski definition) is 3. The van der Waals surface area contributed by atoms with Gasteiger partial charge in [0.1, 0.15) is 24.4 Å². The highest BCUT2D eigenvalue weighted by Crippen LogP contribution is 2.21. The lowest BCUT2D eigenvalue weighted by Gasteiger charge is -2.23. The molecule has 1 saturated heterocycles. The average molecular weight is 330 g/mol. The molecule has 0 aromatic heterocycles. The van der Waals surface area contributed by atoms with E-state index in [0.29, 0.717) is 6.61 Å². The summed E-state index contributed by atoms with van der Waals surface area (Å²) in [5.74, 6) is 0. The second-order valence-corrected chi connectivity index (χ2v) is 6.27. The van der Waals surface area contributed by atoms with E-state index in [-0.39, 0.29) is 13.2 Å². The fraction of sp³-hybridized carbons (Fsp3) is 0.889. The van der Waals surface area contributed by atoms with Gasteiger partial charge in [0.25, 0.3) is 0 Å². The number of rotatable bonds is 13. The van der Waals surface area contributed by atoms with Gasteiger partial charge >= 0.3 is 0 Å². The third-order valence-electron chi connectivity index (χ3n) is 4.20. The highest BCUT2D eigenvalue weighted by molar-refractivity contribution is 4.89. The number of unbranched alkanes of at least 4 members (excludes halogenated alkanes) is 6. The zero-order chi connectivity index (χ0) is 16.9. The van der Waals surface area contributed by atoms with E-state index in [4.69, 9.17) is 14.6 Å². The van der Waals surface area contributed by atoms with Crippen LogP contribution in [-0.4, -0.2) is 59.6 Å². The monoisotopic (exact) mass is 330 g/mol. The van der Waals surface area contributed by atoms with Crippen molar-refractivity contribution >= 4 is 0 Å². The molecular formula is C18H34O5. The summed E-state index contributed by atoms with van der Waals surface area (Å²) in [5.41, 5.74) is 0. The van der Waals surface area contributed by atoms with E-state index >= 15 is 0 Å². The first-order chi connectivity index (χ1) is 11.2. The fourth-order valence-electron chi connectivity index (χ4n) is 2.77. The number of allylic oxidation sites excluding steroid dienone is 2. The molecule has 0 bridgehead atoms. The Morgan fingerprint density at radius 2 is 1.83 bits per heavy atom. The Morgan fingerprint density at radius 1 is 1.13 bits per heavy atom. The zero-order valence-electron chi connectivity index (χ0n) is 14.4. The summed E-state index contributed by atoms with van der Waals surface area (Å²) in [6.45, 7) is 2.51. The van der Waals surface area contributed by atoms with Crippen LogP contribution in [-0.2, 0) is 9.47 Å². The van der Waals surface area contributed by atoms with Gasteiger partial charge in [0.05, 0.1) is 13.2 Å². The van der Waals surface area contributed by atoms with Crippen molar-refractivity contribution in [2.45, 2.75) is 82.7 Å². The van der Waals surface area contributed by atoms with Gasteiger partial charge in [-0.15, -0.1) is 0 Å². The molecular weight excluding hydrogens is 296 g/mol. The van der Waals surface area contributed by atoms with Crippen LogP contribution in [0.1, 0.15) is 58.3 Å². The van der Waals surface area contributed by atoms with E-state index in [1.165, 1.54) is 32.1 Å². The number of hydrogen-bond acceptors (Lipinski definition) is 5. The summed E-state index contributed by atoms with van der Waals surface area (Å²) in [6, 6.07) is 0. The first-order valence-corrected chi connectivity index (χ1v) is 9.05. The van der Waals surface area contributed by atoms with Crippen LogP contribution in [0.3, 0.4) is 0 Å². The minimum atomic E-state index is -1.01. The Hall–Kier alpha value is -0.460. The fourth-order valence-corrected chi connectivity index (χ4v) is 2.77. The maximum atomic E-state index is 9.81. The summed E-state index contributed by atoms with van der Waals surface area (Å²) in [6.07, 6.45) is 10.9. The molecule has 1 rings (SSSR count). The van der Waals surface area contributed by atoms with Gasteiger partial charge in [-0.1, -0.05) is 38.3 Å². The van der Waals surface area contributed by atoms with Crippen molar-refractivity contribution in [2.75, 3.05) is 19.8 Å². The lowest BCUT2D eigenvalue weighted by atomic mass is 10.1. The minimum Gasteiger partial charge on any atom is -0.394 e. The van der Waals surface area contributed by atoms with Gasteiger partial charge in [0.15, 0.2) is 0 Å². The molecule has 1 heterocycles. The van der Waals surface area contributed by atoms with E-state index in [2.05, 4.69) is 19.1 Å². The summed E-state index contributed by atoms with van der Waals surface area (Å²) in [5, 5.41) is 28.4. The topological polar surface area (TPSA) is 79.2 Å². The Balaban J connectivity index is 2.04. The lowest BCUT2D eigenvalue weighted by Crippen LogP contribution is -2.42. The van der Waals surface area contributed by atoms with E-state index in [0.717, 1.165) is 19.3 Å². The van der Waals surface area contributed by atoms with Gasteiger partial charge < -0.3 is 24.8 Å². The van der Waals surface area contributed by atoms with Gasteiger partial charge in [-0.3, -0.25) is 0 Å². The highest BCUT2D eigenvalue weighted by Gasteiger charge is 2.40. The molecule has 0 unspecified atom stereocenters. The first kappa shape index (κ1) is 20.6.